The second kappa shape index (κ2) is 6.36. The molecule has 2 atom stereocenters. The normalized spacial score (nSPS) is 23.8. The standard InChI is InChI=1S/C16H26O3/c1-11-7-6-10-16(3,4)14(11)9-8-13(12(2)17)15(18)19-5/h13-14H,1,6-10H2,2-5H3. The number of methoxy groups -OCH3 is 1. The smallest absolute Gasteiger partial charge is 0.316 e. The molecule has 0 aromatic heterocycles. The minimum Gasteiger partial charge on any atom is -0.468 e. The van der Waals surface area contributed by atoms with Crippen LogP contribution in [0.2, 0.25) is 0 Å². The van der Waals surface area contributed by atoms with E-state index in [0.717, 1.165) is 12.8 Å². The van der Waals surface area contributed by atoms with Crippen molar-refractivity contribution in [3.05, 3.63) is 12.2 Å². The van der Waals surface area contributed by atoms with Gasteiger partial charge in [-0.05, 0) is 50.4 Å². The maximum Gasteiger partial charge on any atom is 0.316 e. The van der Waals surface area contributed by atoms with Crippen molar-refractivity contribution in [2.45, 2.75) is 52.9 Å². The van der Waals surface area contributed by atoms with Crippen LogP contribution in [0.5, 0.6) is 0 Å². The Kier molecular flexibility index (Phi) is 5.33. The monoisotopic (exact) mass is 266 g/mol. The van der Waals surface area contributed by atoms with Gasteiger partial charge in [0.15, 0.2) is 0 Å². The lowest BCUT2D eigenvalue weighted by Gasteiger charge is -2.40. The minimum absolute atomic E-state index is 0.105. The van der Waals surface area contributed by atoms with Crippen LogP contribution < -0.4 is 0 Å². The van der Waals surface area contributed by atoms with Crippen molar-refractivity contribution >= 4 is 11.8 Å². The van der Waals surface area contributed by atoms with E-state index in [1.54, 1.807) is 0 Å². The summed E-state index contributed by atoms with van der Waals surface area (Å²) in [5, 5.41) is 0. The lowest BCUT2D eigenvalue weighted by molar-refractivity contribution is -0.149. The summed E-state index contributed by atoms with van der Waals surface area (Å²) in [7, 11) is 1.34. The van der Waals surface area contributed by atoms with Gasteiger partial charge in [-0.2, -0.15) is 0 Å². The van der Waals surface area contributed by atoms with E-state index in [4.69, 9.17) is 4.74 Å². The first-order valence-corrected chi connectivity index (χ1v) is 7.05. The number of hydrogen-bond acceptors (Lipinski definition) is 3. The quantitative estimate of drug-likeness (QED) is 0.434. The second-order valence-electron chi connectivity index (χ2n) is 6.32. The third-order valence-electron chi connectivity index (χ3n) is 4.48. The van der Waals surface area contributed by atoms with Crippen LogP contribution in [0, 0.1) is 17.3 Å². The average Bonchev–Trinajstić information content (AvgIpc) is 2.31. The molecule has 1 rings (SSSR count). The van der Waals surface area contributed by atoms with Gasteiger partial charge in [0.2, 0.25) is 0 Å². The lowest BCUT2D eigenvalue weighted by atomic mass is 9.64. The topological polar surface area (TPSA) is 43.4 Å². The van der Waals surface area contributed by atoms with Gasteiger partial charge in [-0.25, -0.2) is 0 Å². The Hall–Kier alpha value is -1.12. The Morgan fingerprint density at radius 3 is 2.58 bits per heavy atom. The van der Waals surface area contributed by atoms with E-state index in [1.807, 2.05) is 0 Å². The van der Waals surface area contributed by atoms with Crippen molar-refractivity contribution in [1.82, 2.24) is 0 Å². The molecule has 0 radical (unpaired) electrons. The first-order chi connectivity index (χ1) is 8.79. The Bertz CT molecular complexity index is 368. The van der Waals surface area contributed by atoms with E-state index in [2.05, 4.69) is 20.4 Å². The number of allylic oxidation sites excluding steroid dienone is 1. The number of ether oxygens (including phenoxy) is 1. The van der Waals surface area contributed by atoms with Gasteiger partial charge in [0.25, 0.3) is 0 Å². The van der Waals surface area contributed by atoms with Crippen LogP contribution in [0.4, 0.5) is 0 Å². The van der Waals surface area contributed by atoms with Crippen LogP contribution >= 0.6 is 0 Å². The zero-order valence-corrected chi connectivity index (χ0v) is 12.6. The molecule has 0 N–H and O–H groups in total. The molecular weight excluding hydrogens is 240 g/mol. The Morgan fingerprint density at radius 2 is 2.11 bits per heavy atom. The molecule has 0 saturated heterocycles. The van der Waals surface area contributed by atoms with Gasteiger partial charge in [0.1, 0.15) is 11.7 Å². The summed E-state index contributed by atoms with van der Waals surface area (Å²) >= 11 is 0. The molecule has 1 saturated carbocycles. The highest BCUT2D eigenvalue weighted by atomic mass is 16.5. The molecule has 19 heavy (non-hydrogen) atoms. The fourth-order valence-electron chi connectivity index (χ4n) is 3.23. The molecule has 0 amide bonds. The summed E-state index contributed by atoms with van der Waals surface area (Å²) in [5.74, 6) is -0.735. The zero-order chi connectivity index (χ0) is 14.6. The molecule has 3 heteroatoms. The molecule has 1 aliphatic carbocycles. The highest BCUT2D eigenvalue weighted by Gasteiger charge is 2.35. The van der Waals surface area contributed by atoms with E-state index in [1.165, 1.54) is 32.4 Å². The van der Waals surface area contributed by atoms with Gasteiger partial charge in [-0.1, -0.05) is 26.0 Å². The van der Waals surface area contributed by atoms with Crippen molar-refractivity contribution in [2.24, 2.45) is 17.3 Å². The zero-order valence-electron chi connectivity index (χ0n) is 12.6. The van der Waals surface area contributed by atoms with Crippen molar-refractivity contribution in [3.8, 4) is 0 Å². The van der Waals surface area contributed by atoms with Crippen molar-refractivity contribution < 1.29 is 14.3 Å². The number of carbonyl (C=O) groups is 2. The predicted molar refractivity (Wildman–Crippen MR) is 75.7 cm³/mol. The van der Waals surface area contributed by atoms with Gasteiger partial charge >= 0.3 is 5.97 Å². The third kappa shape index (κ3) is 3.92. The van der Waals surface area contributed by atoms with Crippen LogP contribution in [-0.4, -0.2) is 18.9 Å². The molecule has 0 aromatic rings. The van der Waals surface area contributed by atoms with E-state index >= 15 is 0 Å². The second-order valence-corrected chi connectivity index (χ2v) is 6.32. The number of esters is 1. The number of hydrogen-bond donors (Lipinski definition) is 0. The van der Waals surface area contributed by atoms with Crippen LogP contribution in [0.15, 0.2) is 12.2 Å². The summed E-state index contributed by atoms with van der Waals surface area (Å²) < 4.78 is 4.71. The summed E-state index contributed by atoms with van der Waals surface area (Å²) in [6, 6.07) is 0. The molecule has 0 bridgehead atoms. The summed E-state index contributed by atoms with van der Waals surface area (Å²) in [6.45, 7) is 10.1. The van der Waals surface area contributed by atoms with E-state index in [-0.39, 0.29) is 11.2 Å². The van der Waals surface area contributed by atoms with Gasteiger partial charge in [-0.3, -0.25) is 9.59 Å². The van der Waals surface area contributed by atoms with Gasteiger partial charge < -0.3 is 4.74 Å². The molecule has 0 aliphatic heterocycles. The Morgan fingerprint density at radius 1 is 1.47 bits per heavy atom. The fourth-order valence-corrected chi connectivity index (χ4v) is 3.23. The minimum atomic E-state index is -0.615. The van der Waals surface area contributed by atoms with Gasteiger partial charge in [0, 0.05) is 0 Å². The summed E-state index contributed by atoms with van der Waals surface area (Å²) in [6.07, 6.45) is 4.84. The fraction of sp³-hybridized carbons (Fsp3) is 0.750. The highest BCUT2D eigenvalue weighted by Crippen LogP contribution is 2.45. The molecule has 0 spiro atoms. The molecule has 3 nitrogen and oxygen atoms in total. The largest absolute Gasteiger partial charge is 0.468 e. The van der Waals surface area contributed by atoms with Crippen molar-refractivity contribution in [1.29, 1.82) is 0 Å². The first-order valence-electron chi connectivity index (χ1n) is 7.05. The summed E-state index contributed by atoms with van der Waals surface area (Å²) in [4.78, 5) is 23.1. The van der Waals surface area contributed by atoms with Gasteiger partial charge in [-0.15, -0.1) is 0 Å². The SMILES string of the molecule is C=C1CCCC(C)(C)C1CCC(C(C)=O)C(=O)OC. The predicted octanol–water partition coefficient (Wildman–Crippen LogP) is 3.53. The van der Waals surface area contributed by atoms with Crippen molar-refractivity contribution in [2.75, 3.05) is 7.11 Å². The molecule has 0 aromatic carbocycles. The van der Waals surface area contributed by atoms with Crippen LogP contribution in [-0.2, 0) is 14.3 Å². The molecular formula is C16H26O3. The maximum absolute atomic E-state index is 11.6. The number of carbonyl (C=O) groups excluding carboxylic acids is 2. The molecule has 2 unspecified atom stereocenters. The number of ketones is 1. The number of Topliss-reactive ketones (excluding diaryl/α,β-unsaturated/α-hetero) is 1. The van der Waals surface area contributed by atoms with Crippen molar-refractivity contribution in [3.63, 3.8) is 0 Å². The third-order valence-corrected chi connectivity index (χ3v) is 4.48. The van der Waals surface area contributed by atoms with Gasteiger partial charge in [0.05, 0.1) is 7.11 Å². The lowest BCUT2D eigenvalue weighted by Crippen LogP contribution is -2.31. The molecule has 1 fully saturated rings. The van der Waals surface area contributed by atoms with E-state index in [0.29, 0.717) is 12.3 Å². The van der Waals surface area contributed by atoms with Crippen LogP contribution in [0.1, 0.15) is 52.9 Å². The van der Waals surface area contributed by atoms with E-state index < -0.39 is 11.9 Å². The average molecular weight is 266 g/mol. The number of rotatable bonds is 5. The van der Waals surface area contributed by atoms with Crippen LogP contribution in [0.25, 0.3) is 0 Å². The molecule has 1 aliphatic rings. The summed E-state index contributed by atoms with van der Waals surface area (Å²) in [5.41, 5.74) is 1.48. The Labute approximate surface area is 116 Å². The Balaban J connectivity index is 2.69. The van der Waals surface area contributed by atoms with Crippen LogP contribution in [0.3, 0.4) is 0 Å². The highest BCUT2D eigenvalue weighted by molar-refractivity contribution is 5.97. The molecule has 0 heterocycles. The first kappa shape index (κ1) is 15.9. The molecule has 108 valence electrons. The van der Waals surface area contributed by atoms with E-state index in [9.17, 15) is 9.59 Å². The maximum atomic E-state index is 11.6.